The zero-order chi connectivity index (χ0) is 16.6. The molecule has 0 spiro atoms. The third kappa shape index (κ3) is 9.87. The molecule has 0 bridgehead atoms. The van der Waals surface area contributed by atoms with Gasteiger partial charge in [0.25, 0.3) is 0 Å². The standard InChI is InChI=1S/C15H27NO5/c1-10(9-15(2,3)4)8-12(17)16-11(14(19)20)6-7-13(18)21-5/h10-11H,6-9H2,1-5H3,(H,16,17)(H,19,20)/t10?,11-/m1/s1. The molecule has 0 aromatic carbocycles. The van der Waals surface area contributed by atoms with Crippen molar-refractivity contribution in [1.29, 1.82) is 0 Å². The number of hydrogen-bond donors (Lipinski definition) is 2. The van der Waals surface area contributed by atoms with E-state index < -0.39 is 18.0 Å². The maximum atomic E-state index is 11.9. The molecule has 122 valence electrons. The van der Waals surface area contributed by atoms with Gasteiger partial charge in [-0.1, -0.05) is 27.7 Å². The van der Waals surface area contributed by atoms with Crippen molar-refractivity contribution in [3.8, 4) is 0 Å². The Hall–Kier alpha value is -1.59. The summed E-state index contributed by atoms with van der Waals surface area (Å²) in [6.07, 6.45) is 1.15. The van der Waals surface area contributed by atoms with Crippen molar-refractivity contribution >= 4 is 17.8 Å². The smallest absolute Gasteiger partial charge is 0.326 e. The molecule has 0 aliphatic heterocycles. The molecule has 6 nitrogen and oxygen atoms in total. The second-order valence-electron chi connectivity index (χ2n) is 6.65. The minimum Gasteiger partial charge on any atom is -0.480 e. The topological polar surface area (TPSA) is 92.7 Å². The summed E-state index contributed by atoms with van der Waals surface area (Å²) in [4.78, 5) is 34.0. The summed E-state index contributed by atoms with van der Waals surface area (Å²) < 4.78 is 4.46. The maximum Gasteiger partial charge on any atom is 0.326 e. The van der Waals surface area contributed by atoms with E-state index in [4.69, 9.17) is 5.11 Å². The zero-order valence-corrected chi connectivity index (χ0v) is 13.6. The Morgan fingerprint density at radius 1 is 1.24 bits per heavy atom. The fourth-order valence-corrected chi connectivity index (χ4v) is 2.31. The van der Waals surface area contributed by atoms with Crippen LogP contribution in [0.4, 0.5) is 0 Å². The van der Waals surface area contributed by atoms with E-state index in [-0.39, 0.29) is 36.5 Å². The molecule has 0 saturated heterocycles. The number of ether oxygens (including phenoxy) is 1. The van der Waals surface area contributed by atoms with Crippen LogP contribution in [0.2, 0.25) is 0 Å². The number of methoxy groups -OCH3 is 1. The molecule has 6 heteroatoms. The van der Waals surface area contributed by atoms with Gasteiger partial charge in [0.1, 0.15) is 6.04 Å². The van der Waals surface area contributed by atoms with Crippen molar-refractivity contribution < 1.29 is 24.2 Å². The predicted molar refractivity (Wildman–Crippen MR) is 78.7 cm³/mol. The summed E-state index contributed by atoms with van der Waals surface area (Å²) in [6.45, 7) is 8.25. The average molecular weight is 301 g/mol. The third-order valence-corrected chi connectivity index (χ3v) is 2.99. The van der Waals surface area contributed by atoms with Gasteiger partial charge < -0.3 is 15.2 Å². The molecule has 0 aromatic heterocycles. The Labute approximate surface area is 126 Å². The van der Waals surface area contributed by atoms with Gasteiger partial charge in [-0.05, 0) is 24.2 Å². The van der Waals surface area contributed by atoms with Crippen LogP contribution in [-0.2, 0) is 19.1 Å². The highest BCUT2D eigenvalue weighted by molar-refractivity contribution is 5.84. The van der Waals surface area contributed by atoms with Crippen molar-refractivity contribution in [2.24, 2.45) is 11.3 Å². The SMILES string of the molecule is COC(=O)CC[C@@H](NC(=O)CC(C)CC(C)(C)C)C(=O)O. The molecule has 0 aromatic rings. The number of hydrogen-bond acceptors (Lipinski definition) is 4. The van der Waals surface area contributed by atoms with E-state index in [2.05, 4.69) is 30.8 Å². The molecule has 0 aliphatic carbocycles. The minimum absolute atomic E-state index is 0.0292. The Bertz CT molecular complexity index is 373. The van der Waals surface area contributed by atoms with Crippen LogP contribution in [0.25, 0.3) is 0 Å². The molecule has 0 heterocycles. The Balaban J connectivity index is 4.35. The highest BCUT2D eigenvalue weighted by atomic mass is 16.5. The van der Waals surface area contributed by atoms with E-state index in [0.717, 1.165) is 6.42 Å². The highest BCUT2D eigenvalue weighted by Crippen LogP contribution is 2.25. The number of aliphatic carboxylic acids is 1. The summed E-state index contributed by atoms with van der Waals surface area (Å²) in [5, 5.41) is 11.5. The molecule has 21 heavy (non-hydrogen) atoms. The lowest BCUT2D eigenvalue weighted by Gasteiger charge is -2.23. The van der Waals surface area contributed by atoms with Crippen LogP contribution in [0.3, 0.4) is 0 Å². The van der Waals surface area contributed by atoms with E-state index in [0.29, 0.717) is 0 Å². The lowest BCUT2D eigenvalue weighted by molar-refractivity contribution is -0.144. The lowest BCUT2D eigenvalue weighted by atomic mass is 9.84. The second-order valence-corrected chi connectivity index (χ2v) is 6.65. The van der Waals surface area contributed by atoms with Crippen LogP contribution in [0.1, 0.15) is 53.4 Å². The molecule has 0 radical (unpaired) electrons. The molecule has 1 amide bonds. The van der Waals surface area contributed by atoms with Gasteiger partial charge in [-0.15, -0.1) is 0 Å². The predicted octanol–water partition coefficient (Wildman–Crippen LogP) is 1.97. The molecule has 0 rings (SSSR count). The first-order valence-corrected chi connectivity index (χ1v) is 7.14. The Morgan fingerprint density at radius 3 is 2.24 bits per heavy atom. The lowest BCUT2D eigenvalue weighted by Crippen LogP contribution is -2.41. The van der Waals surface area contributed by atoms with Gasteiger partial charge in [0.2, 0.25) is 5.91 Å². The van der Waals surface area contributed by atoms with Gasteiger partial charge in [0.05, 0.1) is 7.11 Å². The van der Waals surface area contributed by atoms with E-state index in [1.54, 1.807) is 0 Å². The summed E-state index contributed by atoms with van der Waals surface area (Å²) in [5.41, 5.74) is 0.122. The number of carboxylic acids is 1. The van der Waals surface area contributed by atoms with Gasteiger partial charge in [0, 0.05) is 12.8 Å². The fourth-order valence-electron chi connectivity index (χ4n) is 2.31. The largest absolute Gasteiger partial charge is 0.480 e. The first-order valence-electron chi connectivity index (χ1n) is 7.14. The summed E-state index contributed by atoms with van der Waals surface area (Å²) >= 11 is 0. The molecular formula is C15H27NO5. The van der Waals surface area contributed by atoms with Gasteiger partial charge in [-0.3, -0.25) is 9.59 Å². The van der Waals surface area contributed by atoms with Crippen LogP contribution in [0.15, 0.2) is 0 Å². The van der Waals surface area contributed by atoms with Crippen LogP contribution in [0.5, 0.6) is 0 Å². The number of esters is 1. The molecule has 0 fully saturated rings. The molecule has 2 N–H and O–H groups in total. The van der Waals surface area contributed by atoms with E-state index >= 15 is 0 Å². The molecule has 0 saturated carbocycles. The van der Waals surface area contributed by atoms with Crippen molar-refractivity contribution in [3.05, 3.63) is 0 Å². The van der Waals surface area contributed by atoms with Gasteiger partial charge in [0.15, 0.2) is 0 Å². The van der Waals surface area contributed by atoms with Crippen LogP contribution in [-0.4, -0.2) is 36.1 Å². The summed E-state index contributed by atoms with van der Waals surface area (Å²) in [6, 6.07) is -1.06. The van der Waals surface area contributed by atoms with Gasteiger partial charge in [-0.2, -0.15) is 0 Å². The van der Waals surface area contributed by atoms with Crippen LogP contribution < -0.4 is 5.32 Å². The highest BCUT2D eigenvalue weighted by Gasteiger charge is 2.23. The van der Waals surface area contributed by atoms with Crippen molar-refractivity contribution in [1.82, 2.24) is 5.32 Å². The first-order chi connectivity index (χ1) is 9.55. The van der Waals surface area contributed by atoms with E-state index in [1.165, 1.54) is 7.11 Å². The molecular weight excluding hydrogens is 274 g/mol. The number of carboxylic acid groups (broad SMARTS) is 1. The van der Waals surface area contributed by atoms with Gasteiger partial charge in [-0.25, -0.2) is 4.79 Å². The van der Waals surface area contributed by atoms with Crippen LogP contribution in [0, 0.1) is 11.3 Å². The maximum absolute atomic E-state index is 11.9. The molecule has 0 aliphatic rings. The minimum atomic E-state index is -1.14. The number of rotatable bonds is 8. The Morgan fingerprint density at radius 2 is 1.81 bits per heavy atom. The fraction of sp³-hybridized carbons (Fsp3) is 0.800. The van der Waals surface area contributed by atoms with E-state index in [1.807, 2.05) is 6.92 Å². The van der Waals surface area contributed by atoms with Crippen molar-refractivity contribution in [3.63, 3.8) is 0 Å². The monoisotopic (exact) mass is 301 g/mol. The number of carbonyl (C=O) groups is 3. The number of nitrogens with one attached hydrogen (secondary N) is 1. The van der Waals surface area contributed by atoms with Crippen molar-refractivity contribution in [2.75, 3.05) is 7.11 Å². The average Bonchev–Trinajstić information content (AvgIpc) is 2.30. The Kier molecular flexibility index (Phi) is 7.99. The third-order valence-electron chi connectivity index (χ3n) is 2.99. The van der Waals surface area contributed by atoms with Gasteiger partial charge >= 0.3 is 11.9 Å². The molecule has 1 unspecified atom stereocenters. The zero-order valence-electron chi connectivity index (χ0n) is 13.6. The van der Waals surface area contributed by atoms with Crippen molar-refractivity contribution in [2.45, 2.75) is 59.4 Å². The first kappa shape index (κ1) is 19.4. The summed E-state index contributed by atoms with van der Waals surface area (Å²) in [7, 11) is 1.24. The summed E-state index contributed by atoms with van der Waals surface area (Å²) in [5.74, 6) is -1.77. The normalized spacial score (nSPS) is 14.1. The molecule has 2 atom stereocenters. The second kappa shape index (κ2) is 8.64. The number of carbonyl (C=O) groups excluding carboxylic acids is 2. The quantitative estimate of drug-likeness (QED) is 0.669. The van der Waals surface area contributed by atoms with E-state index in [9.17, 15) is 14.4 Å². The number of amides is 1. The van der Waals surface area contributed by atoms with Crippen LogP contribution >= 0.6 is 0 Å².